The van der Waals surface area contributed by atoms with Crippen molar-refractivity contribution < 1.29 is 5.11 Å². The summed E-state index contributed by atoms with van der Waals surface area (Å²) < 4.78 is 0. The molecule has 1 aromatic rings. The molecule has 5 nitrogen and oxygen atoms in total. The van der Waals surface area contributed by atoms with Crippen LogP contribution >= 0.6 is 0 Å². The van der Waals surface area contributed by atoms with E-state index in [-0.39, 0.29) is 6.61 Å². The second kappa shape index (κ2) is 2.37. The summed E-state index contributed by atoms with van der Waals surface area (Å²) in [4.78, 5) is 0. The van der Waals surface area contributed by atoms with Crippen LogP contribution in [0.5, 0.6) is 0 Å². The van der Waals surface area contributed by atoms with Gasteiger partial charge in [-0.15, -0.1) is 0 Å². The van der Waals surface area contributed by atoms with Gasteiger partial charge < -0.3 is 10.2 Å². The van der Waals surface area contributed by atoms with Gasteiger partial charge in [0.1, 0.15) is 0 Å². The summed E-state index contributed by atoms with van der Waals surface area (Å²) in [5.41, 5.74) is 0. The lowest BCUT2D eigenvalue weighted by molar-refractivity contribution is 0.296. The lowest BCUT2D eigenvalue weighted by Crippen LogP contribution is -1.93. The highest BCUT2D eigenvalue weighted by Gasteiger charge is 1.82. The van der Waals surface area contributed by atoms with E-state index < -0.39 is 0 Å². The molecule has 0 saturated heterocycles. The summed E-state index contributed by atoms with van der Waals surface area (Å²) in [6, 6.07) is 0. The Kier molecular flexibility index (Phi) is 1.53. The van der Waals surface area contributed by atoms with Crippen LogP contribution in [0.4, 0.5) is 0 Å². The van der Waals surface area contributed by atoms with Gasteiger partial charge in [-0.05, 0) is 0 Å². The summed E-state index contributed by atoms with van der Waals surface area (Å²) in [5.74, 6) is 0.493. The summed E-state index contributed by atoms with van der Waals surface area (Å²) in [6.45, 7) is 0.0490. The predicted octanol–water partition coefficient (Wildman–Crippen LogP) is -1.64. The van der Waals surface area contributed by atoms with Gasteiger partial charge in [0.2, 0.25) is 0 Å². The Morgan fingerprint density at radius 2 is 2.50 bits per heavy atom. The first-order valence-electron chi connectivity index (χ1n) is 2.22. The molecule has 0 aromatic carbocycles. The molecule has 0 saturated carbocycles. The van der Waals surface area contributed by atoms with Crippen molar-refractivity contribution in [3.8, 4) is 0 Å². The molecule has 0 unspecified atom stereocenters. The molecular weight excluding hydrogens is 108 g/mol. The Bertz CT molecular complexity index is 137. The molecule has 44 valence electrons. The van der Waals surface area contributed by atoms with Crippen molar-refractivity contribution in [3.63, 3.8) is 0 Å². The quantitative estimate of drug-likeness (QED) is 0.498. The maximum atomic E-state index is 8.30. The van der Waals surface area contributed by atoms with E-state index in [1.807, 2.05) is 0 Å². The van der Waals surface area contributed by atoms with E-state index in [0.717, 1.165) is 0 Å². The van der Waals surface area contributed by atoms with Crippen LogP contribution in [0.2, 0.25) is 0 Å². The second-order valence-electron chi connectivity index (χ2n) is 1.27. The number of nitrogens with zero attached hydrogens (tertiary/aromatic N) is 4. The molecule has 0 aliphatic carbocycles. The molecule has 0 aliphatic heterocycles. The van der Waals surface area contributed by atoms with Crippen LogP contribution in [-0.2, 0) is 6.42 Å². The molecule has 1 aromatic heterocycles. The molecule has 0 bridgehead atoms. The normalized spacial score (nSPS) is 9.62. The van der Waals surface area contributed by atoms with Gasteiger partial charge >= 0.3 is 0 Å². The van der Waals surface area contributed by atoms with Gasteiger partial charge in [-0.2, -0.15) is 5.21 Å². The molecule has 0 fully saturated rings. The Hall–Kier alpha value is -0.970. The third kappa shape index (κ3) is 1.00. The molecule has 8 heavy (non-hydrogen) atoms. The van der Waals surface area contributed by atoms with Crippen LogP contribution in [-0.4, -0.2) is 27.2 Å². The van der Waals surface area contributed by atoms with E-state index >= 15 is 0 Å². The standard InChI is InChI=1S/C3H5N4O/c8-2-1-3-4-6-7-5-3/h8H,1-2H2/q-1. The smallest absolute Gasteiger partial charge is 0.0475 e. The van der Waals surface area contributed by atoms with Crippen molar-refractivity contribution >= 4 is 0 Å². The first-order chi connectivity index (χ1) is 3.93. The van der Waals surface area contributed by atoms with Crippen LogP contribution in [0.1, 0.15) is 5.82 Å². The van der Waals surface area contributed by atoms with Gasteiger partial charge in [-0.1, -0.05) is 0 Å². The number of hydrogen-bond acceptors (Lipinski definition) is 4. The van der Waals surface area contributed by atoms with Crippen LogP contribution in [0.25, 0.3) is 0 Å². The zero-order chi connectivity index (χ0) is 5.82. The minimum atomic E-state index is 0.0490. The fourth-order valence-electron chi connectivity index (χ4n) is 0.363. The highest BCUT2D eigenvalue weighted by molar-refractivity contribution is 4.73. The van der Waals surface area contributed by atoms with Crippen LogP contribution in [0.15, 0.2) is 0 Å². The predicted molar refractivity (Wildman–Crippen MR) is 23.9 cm³/mol. The number of tetrazole rings is 1. The number of aliphatic hydroxyl groups excluding tert-OH is 1. The van der Waals surface area contributed by atoms with Gasteiger partial charge in [-0.3, -0.25) is 10.3 Å². The fraction of sp³-hybridized carbons (Fsp3) is 0.667. The molecule has 1 rings (SSSR count). The third-order valence-electron chi connectivity index (χ3n) is 0.696. The van der Waals surface area contributed by atoms with Crippen molar-refractivity contribution in [1.29, 1.82) is 0 Å². The maximum absolute atomic E-state index is 8.30. The number of aromatic nitrogens is 4. The average molecular weight is 113 g/mol. The first-order valence-corrected chi connectivity index (χ1v) is 2.22. The largest absolute Gasteiger partial charge is 0.396 e. The van der Waals surface area contributed by atoms with Crippen LogP contribution in [0.3, 0.4) is 0 Å². The van der Waals surface area contributed by atoms with E-state index in [1.165, 1.54) is 0 Å². The molecule has 0 atom stereocenters. The van der Waals surface area contributed by atoms with Gasteiger partial charge in [0.25, 0.3) is 0 Å². The summed E-state index contributed by atoms with van der Waals surface area (Å²) in [7, 11) is 0. The highest BCUT2D eigenvalue weighted by Crippen LogP contribution is 1.79. The summed E-state index contributed by atoms with van der Waals surface area (Å²) in [5, 5.41) is 21.7. The first kappa shape index (κ1) is 5.17. The van der Waals surface area contributed by atoms with Crippen LogP contribution in [0, 0.1) is 0 Å². The van der Waals surface area contributed by atoms with Crippen molar-refractivity contribution in [3.05, 3.63) is 5.82 Å². The highest BCUT2D eigenvalue weighted by atomic mass is 16.3. The molecule has 0 aliphatic rings. The third-order valence-corrected chi connectivity index (χ3v) is 0.696. The van der Waals surface area contributed by atoms with Crippen LogP contribution < -0.4 is 5.10 Å². The van der Waals surface area contributed by atoms with E-state index in [9.17, 15) is 0 Å². The van der Waals surface area contributed by atoms with Crippen molar-refractivity contribution in [2.45, 2.75) is 6.42 Å². The Morgan fingerprint density at radius 3 is 3.00 bits per heavy atom. The average Bonchev–Trinajstić information content (AvgIpc) is 2.19. The van der Waals surface area contributed by atoms with E-state index in [2.05, 4.69) is 20.6 Å². The molecule has 5 heteroatoms. The molecular formula is C3H5N4O-. The van der Waals surface area contributed by atoms with Gasteiger partial charge in [-0.25, -0.2) is 0 Å². The van der Waals surface area contributed by atoms with Gasteiger partial charge in [0.15, 0.2) is 0 Å². The SMILES string of the molecule is OCCc1nnn[n-]1. The second-order valence-corrected chi connectivity index (χ2v) is 1.27. The summed E-state index contributed by atoms with van der Waals surface area (Å²) >= 11 is 0. The summed E-state index contributed by atoms with van der Waals surface area (Å²) in [6.07, 6.45) is 0.438. The van der Waals surface area contributed by atoms with E-state index in [4.69, 9.17) is 5.11 Å². The van der Waals surface area contributed by atoms with E-state index in [1.54, 1.807) is 0 Å². The molecule has 0 radical (unpaired) electrons. The number of hydrogen-bond donors (Lipinski definition) is 1. The zero-order valence-corrected chi connectivity index (χ0v) is 4.15. The monoisotopic (exact) mass is 113 g/mol. The van der Waals surface area contributed by atoms with Gasteiger partial charge in [0.05, 0.1) is 0 Å². The Balaban J connectivity index is 2.50. The lowest BCUT2D eigenvalue weighted by Gasteiger charge is -1.89. The number of rotatable bonds is 2. The number of aliphatic hydroxyl groups is 1. The minimum Gasteiger partial charge on any atom is -0.396 e. The zero-order valence-electron chi connectivity index (χ0n) is 4.15. The Labute approximate surface area is 45.7 Å². The Morgan fingerprint density at radius 1 is 1.62 bits per heavy atom. The van der Waals surface area contributed by atoms with Crippen molar-refractivity contribution in [1.82, 2.24) is 20.6 Å². The molecule has 0 spiro atoms. The maximum Gasteiger partial charge on any atom is 0.0475 e. The fourth-order valence-corrected chi connectivity index (χ4v) is 0.363. The lowest BCUT2D eigenvalue weighted by atomic mass is 10.4. The van der Waals surface area contributed by atoms with Crippen molar-refractivity contribution in [2.24, 2.45) is 0 Å². The molecule has 1 heterocycles. The topological polar surface area (TPSA) is 73.0 Å². The van der Waals surface area contributed by atoms with Gasteiger partial charge in [0, 0.05) is 18.9 Å². The van der Waals surface area contributed by atoms with Crippen molar-refractivity contribution in [2.75, 3.05) is 6.61 Å². The molecule has 1 N–H and O–H groups in total. The minimum absolute atomic E-state index is 0.0490. The molecule has 0 amide bonds. The van der Waals surface area contributed by atoms with E-state index in [0.29, 0.717) is 12.2 Å².